The van der Waals surface area contributed by atoms with Crippen LogP contribution in [-0.4, -0.2) is 25.9 Å². The highest BCUT2D eigenvalue weighted by Crippen LogP contribution is 2.26. The van der Waals surface area contributed by atoms with Crippen LogP contribution in [0.2, 0.25) is 0 Å². The second kappa shape index (κ2) is 5.57. The Morgan fingerprint density at radius 2 is 1.38 bits per heavy atom. The van der Waals surface area contributed by atoms with Gasteiger partial charge in [0.15, 0.2) is 0 Å². The van der Waals surface area contributed by atoms with Crippen LogP contribution in [0.3, 0.4) is 0 Å². The monoisotopic (exact) mass is 328 g/mol. The highest BCUT2D eigenvalue weighted by molar-refractivity contribution is 7.89. The molecule has 0 fully saturated rings. The first kappa shape index (κ1) is 15.6. The average Bonchev–Trinajstić information content (AvgIpc) is 2.37. The van der Waals surface area contributed by atoms with E-state index in [0.717, 1.165) is 11.6 Å². The summed E-state index contributed by atoms with van der Waals surface area (Å²) in [5.41, 5.74) is 0.814. The molecule has 2 N–H and O–H groups in total. The van der Waals surface area contributed by atoms with Gasteiger partial charge in [0.25, 0.3) is 20.2 Å². The van der Waals surface area contributed by atoms with Crippen LogP contribution in [0.5, 0.6) is 0 Å². The topological polar surface area (TPSA) is 109 Å². The molecule has 0 spiro atoms. The highest BCUT2D eigenvalue weighted by Gasteiger charge is 2.26. The zero-order valence-electron chi connectivity index (χ0n) is 10.7. The summed E-state index contributed by atoms with van der Waals surface area (Å²) in [7, 11) is -9.58. The number of hydrogen-bond acceptors (Lipinski definition) is 4. The van der Waals surface area contributed by atoms with Crippen molar-refractivity contribution in [1.29, 1.82) is 0 Å². The molecule has 0 saturated heterocycles. The predicted octanol–water partition coefficient (Wildman–Crippen LogP) is 1.77. The van der Waals surface area contributed by atoms with Crippen molar-refractivity contribution in [3.8, 4) is 0 Å². The van der Waals surface area contributed by atoms with Gasteiger partial charge in [-0.2, -0.15) is 16.8 Å². The largest absolute Gasteiger partial charge is 0.296 e. The first-order valence-electron chi connectivity index (χ1n) is 5.80. The van der Waals surface area contributed by atoms with E-state index in [-0.39, 0.29) is 12.0 Å². The van der Waals surface area contributed by atoms with Gasteiger partial charge in [-0.15, -0.1) is 0 Å². The van der Waals surface area contributed by atoms with E-state index < -0.39 is 30.0 Å². The minimum absolute atomic E-state index is 0.0822. The first-order chi connectivity index (χ1) is 9.69. The molecule has 2 aromatic rings. The fourth-order valence-electron chi connectivity index (χ4n) is 2.01. The standard InChI is InChI=1S/C13H12O6S2/c14-20(15,16)12-8-4-7-11(13(12)21(17,18)19)9-10-5-2-1-3-6-10/h1-8H,9H2,(H,14,15,16)(H,17,18,19). The number of hydrogen-bond donors (Lipinski definition) is 2. The SMILES string of the molecule is O=S(=O)(O)c1cccc(Cc2ccccc2)c1S(=O)(=O)O. The van der Waals surface area contributed by atoms with Crippen molar-refractivity contribution in [2.75, 3.05) is 0 Å². The number of benzene rings is 2. The Hall–Kier alpha value is -1.74. The minimum Gasteiger partial charge on any atom is -0.282 e. The van der Waals surface area contributed by atoms with Crippen molar-refractivity contribution >= 4 is 20.2 Å². The zero-order chi connectivity index (χ0) is 15.7. The summed E-state index contributed by atoms with van der Waals surface area (Å²) in [6.07, 6.45) is 0.0966. The molecular weight excluding hydrogens is 316 g/mol. The maximum atomic E-state index is 11.5. The van der Waals surface area contributed by atoms with E-state index in [1.54, 1.807) is 30.3 Å². The van der Waals surface area contributed by atoms with Crippen LogP contribution < -0.4 is 0 Å². The van der Waals surface area contributed by atoms with E-state index >= 15 is 0 Å². The summed E-state index contributed by atoms with van der Waals surface area (Å²) in [6, 6.07) is 12.3. The third-order valence-corrected chi connectivity index (χ3v) is 4.86. The molecule has 0 atom stereocenters. The van der Waals surface area contributed by atoms with Crippen molar-refractivity contribution in [2.24, 2.45) is 0 Å². The molecule has 0 aliphatic heterocycles. The molecule has 21 heavy (non-hydrogen) atoms. The van der Waals surface area contributed by atoms with Gasteiger partial charge in [0.05, 0.1) is 0 Å². The van der Waals surface area contributed by atoms with Crippen molar-refractivity contribution in [3.05, 3.63) is 59.7 Å². The third kappa shape index (κ3) is 3.67. The lowest BCUT2D eigenvalue weighted by Gasteiger charge is -2.10. The van der Waals surface area contributed by atoms with Gasteiger partial charge in [-0.05, 0) is 23.6 Å². The molecule has 0 aliphatic rings. The van der Waals surface area contributed by atoms with Crippen molar-refractivity contribution < 1.29 is 25.9 Å². The quantitative estimate of drug-likeness (QED) is 0.828. The van der Waals surface area contributed by atoms with Crippen LogP contribution in [0.15, 0.2) is 58.3 Å². The summed E-state index contributed by atoms with van der Waals surface area (Å²) in [5.74, 6) is 0. The van der Waals surface area contributed by atoms with Gasteiger partial charge >= 0.3 is 0 Å². The highest BCUT2D eigenvalue weighted by atomic mass is 32.2. The van der Waals surface area contributed by atoms with Crippen molar-refractivity contribution in [1.82, 2.24) is 0 Å². The smallest absolute Gasteiger partial charge is 0.282 e. The minimum atomic E-state index is -4.81. The fourth-order valence-corrected chi connectivity index (χ4v) is 4.05. The van der Waals surface area contributed by atoms with Crippen LogP contribution >= 0.6 is 0 Å². The maximum Gasteiger partial charge on any atom is 0.296 e. The Balaban J connectivity index is 2.68. The molecule has 2 aromatic carbocycles. The van der Waals surface area contributed by atoms with Crippen LogP contribution in [0, 0.1) is 0 Å². The zero-order valence-corrected chi connectivity index (χ0v) is 12.3. The summed E-state index contributed by atoms with van der Waals surface area (Å²) in [4.78, 5) is -1.63. The summed E-state index contributed by atoms with van der Waals surface area (Å²) < 4.78 is 64.0. The molecule has 0 unspecified atom stereocenters. The third-order valence-electron chi connectivity index (χ3n) is 2.83. The molecule has 0 aromatic heterocycles. The lowest BCUT2D eigenvalue weighted by Crippen LogP contribution is -2.11. The summed E-state index contributed by atoms with van der Waals surface area (Å²) >= 11 is 0. The van der Waals surface area contributed by atoms with E-state index in [1.165, 1.54) is 12.1 Å². The fraction of sp³-hybridized carbons (Fsp3) is 0.0769. The lowest BCUT2D eigenvalue weighted by molar-refractivity contribution is 0.465. The van der Waals surface area contributed by atoms with Crippen molar-refractivity contribution in [2.45, 2.75) is 16.2 Å². The Morgan fingerprint density at radius 3 is 1.90 bits per heavy atom. The molecule has 0 radical (unpaired) electrons. The molecule has 0 amide bonds. The second-order valence-corrected chi connectivity index (χ2v) is 7.11. The van der Waals surface area contributed by atoms with Crippen LogP contribution in [-0.2, 0) is 26.7 Å². The van der Waals surface area contributed by atoms with Gasteiger partial charge in [0.2, 0.25) is 0 Å². The van der Waals surface area contributed by atoms with E-state index in [2.05, 4.69) is 0 Å². The van der Waals surface area contributed by atoms with Gasteiger partial charge in [-0.3, -0.25) is 9.11 Å². The second-order valence-electron chi connectivity index (χ2n) is 4.36. The Kier molecular flexibility index (Phi) is 4.15. The molecule has 0 bridgehead atoms. The molecular formula is C13H12O6S2. The van der Waals surface area contributed by atoms with Gasteiger partial charge in [0, 0.05) is 0 Å². The summed E-state index contributed by atoms with van der Waals surface area (Å²) in [5, 5.41) is 0. The lowest BCUT2D eigenvalue weighted by atomic mass is 10.1. The first-order valence-corrected chi connectivity index (χ1v) is 8.68. The Bertz CT molecular complexity index is 855. The normalized spacial score (nSPS) is 12.3. The van der Waals surface area contributed by atoms with Gasteiger partial charge < -0.3 is 0 Å². The van der Waals surface area contributed by atoms with Gasteiger partial charge in [-0.1, -0.05) is 42.5 Å². The van der Waals surface area contributed by atoms with Crippen molar-refractivity contribution in [3.63, 3.8) is 0 Å². The molecule has 0 saturated carbocycles. The van der Waals surface area contributed by atoms with E-state index in [4.69, 9.17) is 4.55 Å². The Labute approximate surface area is 122 Å². The Morgan fingerprint density at radius 1 is 0.762 bits per heavy atom. The molecule has 8 heteroatoms. The molecule has 6 nitrogen and oxygen atoms in total. The molecule has 0 aliphatic carbocycles. The average molecular weight is 328 g/mol. The predicted molar refractivity (Wildman–Crippen MR) is 75.3 cm³/mol. The molecule has 2 rings (SSSR count). The van der Waals surface area contributed by atoms with Gasteiger partial charge in [-0.25, -0.2) is 0 Å². The maximum absolute atomic E-state index is 11.5. The van der Waals surface area contributed by atoms with Crippen LogP contribution in [0.25, 0.3) is 0 Å². The molecule has 112 valence electrons. The van der Waals surface area contributed by atoms with Gasteiger partial charge in [0.1, 0.15) is 9.79 Å². The number of rotatable bonds is 4. The van der Waals surface area contributed by atoms with Crippen LogP contribution in [0.4, 0.5) is 0 Å². The van der Waals surface area contributed by atoms with E-state index in [9.17, 15) is 21.4 Å². The van der Waals surface area contributed by atoms with E-state index in [0.29, 0.717) is 0 Å². The molecule has 0 heterocycles. The van der Waals surface area contributed by atoms with Crippen LogP contribution in [0.1, 0.15) is 11.1 Å². The summed E-state index contributed by atoms with van der Waals surface area (Å²) in [6.45, 7) is 0. The van der Waals surface area contributed by atoms with E-state index in [1.807, 2.05) is 0 Å².